The van der Waals surface area contributed by atoms with E-state index < -0.39 is 10.0 Å². The molecule has 1 unspecified atom stereocenters. The van der Waals surface area contributed by atoms with Crippen LogP contribution < -0.4 is 14.8 Å². The Bertz CT molecular complexity index is 1150. The SMILES string of the molecule is COc1ccc(S(=O)(=O)N2CCCC(c3nc(Cc4cccc(OC)c4)ns3)NC2)cc1. The molecule has 1 aliphatic heterocycles. The van der Waals surface area contributed by atoms with Crippen molar-refractivity contribution < 1.29 is 17.9 Å². The fourth-order valence-corrected chi connectivity index (χ4v) is 5.79. The molecule has 0 aliphatic carbocycles. The van der Waals surface area contributed by atoms with Crippen LogP contribution in [-0.4, -0.2) is 49.5 Å². The summed E-state index contributed by atoms with van der Waals surface area (Å²) in [5, 5.41) is 4.23. The molecule has 1 aromatic heterocycles. The summed E-state index contributed by atoms with van der Waals surface area (Å²) in [6, 6.07) is 14.3. The Hall–Kier alpha value is -2.53. The van der Waals surface area contributed by atoms with E-state index in [0.29, 0.717) is 18.7 Å². The maximum absolute atomic E-state index is 13.1. The molecule has 0 radical (unpaired) electrons. The monoisotopic (exact) mass is 474 g/mol. The second kappa shape index (κ2) is 9.95. The van der Waals surface area contributed by atoms with E-state index in [0.717, 1.165) is 35.0 Å². The van der Waals surface area contributed by atoms with Gasteiger partial charge in [-0.05, 0) is 66.3 Å². The van der Waals surface area contributed by atoms with E-state index in [2.05, 4.69) is 9.69 Å². The Morgan fingerprint density at radius 2 is 1.91 bits per heavy atom. The van der Waals surface area contributed by atoms with Gasteiger partial charge in [0.1, 0.15) is 22.3 Å². The first-order chi connectivity index (χ1) is 15.5. The van der Waals surface area contributed by atoms with Crippen LogP contribution in [0.3, 0.4) is 0 Å². The van der Waals surface area contributed by atoms with Gasteiger partial charge in [-0.25, -0.2) is 13.4 Å². The summed E-state index contributed by atoms with van der Waals surface area (Å²) >= 11 is 1.37. The highest BCUT2D eigenvalue weighted by Crippen LogP contribution is 2.26. The number of methoxy groups -OCH3 is 2. The van der Waals surface area contributed by atoms with Gasteiger partial charge in [-0.2, -0.15) is 8.68 Å². The molecule has 1 aliphatic rings. The molecule has 10 heteroatoms. The van der Waals surface area contributed by atoms with Crippen molar-refractivity contribution in [3.05, 3.63) is 64.9 Å². The van der Waals surface area contributed by atoms with Gasteiger partial charge in [0.15, 0.2) is 0 Å². The van der Waals surface area contributed by atoms with Crippen LogP contribution in [0.2, 0.25) is 0 Å². The van der Waals surface area contributed by atoms with Crippen molar-refractivity contribution in [3.63, 3.8) is 0 Å². The molecule has 0 spiro atoms. The van der Waals surface area contributed by atoms with Crippen LogP contribution in [0.4, 0.5) is 0 Å². The molecular formula is C22H26N4O4S2. The second-order valence-corrected chi connectivity index (χ2v) is 10.2. The van der Waals surface area contributed by atoms with E-state index in [1.165, 1.54) is 15.8 Å². The predicted octanol–water partition coefficient (Wildman–Crippen LogP) is 3.22. The Labute approximate surface area is 192 Å². The highest BCUT2D eigenvalue weighted by Gasteiger charge is 2.29. The molecule has 3 aromatic rings. The molecule has 1 N–H and O–H groups in total. The average molecular weight is 475 g/mol. The first-order valence-corrected chi connectivity index (χ1v) is 12.5. The van der Waals surface area contributed by atoms with Gasteiger partial charge in [-0.15, -0.1) is 0 Å². The molecule has 32 heavy (non-hydrogen) atoms. The minimum Gasteiger partial charge on any atom is -0.497 e. The molecule has 1 atom stereocenters. The summed E-state index contributed by atoms with van der Waals surface area (Å²) in [5.74, 6) is 2.19. The normalized spacial score (nSPS) is 17.6. The van der Waals surface area contributed by atoms with Gasteiger partial charge in [0, 0.05) is 13.0 Å². The van der Waals surface area contributed by atoms with Crippen molar-refractivity contribution in [2.24, 2.45) is 0 Å². The van der Waals surface area contributed by atoms with E-state index in [1.807, 2.05) is 24.3 Å². The Morgan fingerprint density at radius 3 is 2.66 bits per heavy atom. The van der Waals surface area contributed by atoms with Gasteiger partial charge in [0.05, 0.1) is 31.8 Å². The molecule has 170 valence electrons. The number of nitrogens with one attached hydrogen (secondary N) is 1. The first-order valence-electron chi connectivity index (χ1n) is 10.3. The number of nitrogens with zero attached hydrogens (tertiary/aromatic N) is 3. The Balaban J connectivity index is 1.42. The third-order valence-electron chi connectivity index (χ3n) is 5.39. The summed E-state index contributed by atoms with van der Waals surface area (Å²) < 4.78 is 42.5. The first kappa shape index (κ1) is 22.7. The molecule has 8 nitrogen and oxygen atoms in total. The summed E-state index contributed by atoms with van der Waals surface area (Å²) in [7, 11) is -0.387. The number of hydrogen-bond acceptors (Lipinski definition) is 8. The third kappa shape index (κ3) is 5.09. The summed E-state index contributed by atoms with van der Waals surface area (Å²) in [4.78, 5) is 4.97. The number of ether oxygens (including phenoxy) is 2. The fourth-order valence-electron chi connectivity index (χ4n) is 3.62. The van der Waals surface area contributed by atoms with Crippen molar-refractivity contribution in [2.45, 2.75) is 30.2 Å². The molecule has 2 heterocycles. The van der Waals surface area contributed by atoms with Crippen LogP contribution in [0.5, 0.6) is 11.5 Å². The van der Waals surface area contributed by atoms with Crippen molar-refractivity contribution in [2.75, 3.05) is 27.4 Å². The summed E-state index contributed by atoms with van der Waals surface area (Å²) in [6.07, 6.45) is 2.15. The van der Waals surface area contributed by atoms with Gasteiger partial charge in [0.2, 0.25) is 10.0 Å². The van der Waals surface area contributed by atoms with Crippen molar-refractivity contribution in [1.82, 2.24) is 19.0 Å². The van der Waals surface area contributed by atoms with Gasteiger partial charge in [-0.1, -0.05) is 12.1 Å². The smallest absolute Gasteiger partial charge is 0.244 e. The lowest BCUT2D eigenvalue weighted by molar-refractivity contribution is 0.395. The van der Waals surface area contributed by atoms with Crippen LogP contribution in [0, 0.1) is 0 Å². The molecule has 0 amide bonds. The molecule has 1 fully saturated rings. The molecule has 4 rings (SSSR count). The van der Waals surface area contributed by atoms with Crippen LogP contribution >= 0.6 is 11.5 Å². The maximum Gasteiger partial charge on any atom is 0.244 e. The minimum atomic E-state index is -3.59. The predicted molar refractivity (Wildman–Crippen MR) is 123 cm³/mol. The van der Waals surface area contributed by atoms with Crippen LogP contribution in [0.15, 0.2) is 53.4 Å². The number of aromatic nitrogens is 2. The quantitative estimate of drug-likeness (QED) is 0.562. The van der Waals surface area contributed by atoms with Gasteiger partial charge in [0.25, 0.3) is 0 Å². The number of sulfonamides is 1. The second-order valence-electron chi connectivity index (χ2n) is 7.49. The van der Waals surface area contributed by atoms with Crippen LogP contribution in [0.1, 0.15) is 35.3 Å². The molecule has 1 saturated heterocycles. The topological polar surface area (TPSA) is 93.7 Å². The lowest BCUT2D eigenvalue weighted by atomic mass is 10.1. The lowest BCUT2D eigenvalue weighted by Gasteiger charge is -2.20. The van der Waals surface area contributed by atoms with Crippen LogP contribution in [-0.2, 0) is 16.4 Å². The zero-order chi connectivity index (χ0) is 22.6. The van der Waals surface area contributed by atoms with Crippen molar-refractivity contribution in [1.29, 1.82) is 0 Å². The number of benzene rings is 2. The van der Waals surface area contributed by atoms with Gasteiger partial charge < -0.3 is 9.47 Å². The molecule has 0 bridgehead atoms. The Kier molecular flexibility index (Phi) is 7.04. The maximum atomic E-state index is 13.1. The van der Waals surface area contributed by atoms with Crippen molar-refractivity contribution in [3.8, 4) is 11.5 Å². The van der Waals surface area contributed by atoms with E-state index >= 15 is 0 Å². The van der Waals surface area contributed by atoms with E-state index in [1.54, 1.807) is 38.5 Å². The van der Waals surface area contributed by atoms with E-state index in [4.69, 9.17) is 14.5 Å². The number of rotatable bonds is 7. The molecular weight excluding hydrogens is 448 g/mol. The zero-order valence-corrected chi connectivity index (χ0v) is 19.7. The Morgan fingerprint density at radius 1 is 1.12 bits per heavy atom. The molecule has 2 aromatic carbocycles. The average Bonchev–Trinajstić information content (AvgIpc) is 3.12. The van der Waals surface area contributed by atoms with Gasteiger partial charge >= 0.3 is 0 Å². The van der Waals surface area contributed by atoms with E-state index in [-0.39, 0.29) is 17.6 Å². The van der Waals surface area contributed by atoms with Crippen molar-refractivity contribution >= 4 is 21.6 Å². The lowest BCUT2D eigenvalue weighted by Crippen LogP contribution is -2.38. The van der Waals surface area contributed by atoms with Crippen LogP contribution in [0.25, 0.3) is 0 Å². The fraction of sp³-hybridized carbons (Fsp3) is 0.364. The molecule has 0 saturated carbocycles. The van der Waals surface area contributed by atoms with E-state index in [9.17, 15) is 8.42 Å². The van der Waals surface area contributed by atoms with Gasteiger partial charge in [-0.3, -0.25) is 5.32 Å². The standard InChI is InChI=1S/C22H26N4O4S2/c1-29-17-8-10-19(11-9-17)32(27,28)26-12-4-7-20(23-15-26)22-24-21(25-31-22)14-16-5-3-6-18(13-16)30-2/h3,5-6,8-11,13,20,23H,4,7,12,14-15H2,1-2H3. The summed E-state index contributed by atoms with van der Waals surface area (Å²) in [6.45, 7) is 0.678. The zero-order valence-electron chi connectivity index (χ0n) is 18.0. The number of hydrogen-bond donors (Lipinski definition) is 1. The largest absolute Gasteiger partial charge is 0.497 e. The highest BCUT2D eigenvalue weighted by molar-refractivity contribution is 7.89. The third-order valence-corrected chi connectivity index (χ3v) is 8.11. The summed E-state index contributed by atoms with van der Waals surface area (Å²) in [5.41, 5.74) is 1.08. The highest BCUT2D eigenvalue weighted by atomic mass is 32.2. The minimum absolute atomic E-state index is 0.0253.